The van der Waals surface area contributed by atoms with Crippen molar-refractivity contribution in [2.75, 3.05) is 0 Å². The third-order valence-corrected chi connectivity index (χ3v) is 10.1. The van der Waals surface area contributed by atoms with Crippen LogP contribution in [0.2, 0.25) is 0 Å². The summed E-state index contributed by atoms with van der Waals surface area (Å²) in [5.74, 6) is 1.50. The zero-order valence-electron chi connectivity index (χ0n) is 23.2. The summed E-state index contributed by atoms with van der Waals surface area (Å²) in [4.78, 5) is 12.7. The number of aliphatic hydroxyl groups is 3. The van der Waals surface area contributed by atoms with Crippen LogP contribution < -0.4 is 0 Å². The van der Waals surface area contributed by atoms with Gasteiger partial charge in [0.15, 0.2) is 5.78 Å². The van der Waals surface area contributed by atoms with E-state index in [4.69, 9.17) is 0 Å². The second-order valence-electron chi connectivity index (χ2n) is 12.6. The van der Waals surface area contributed by atoms with Crippen LogP contribution in [0.4, 0.5) is 0 Å². The quantitative estimate of drug-likeness (QED) is 0.249. The molecule has 0 unspecified atom stereocenters. The van der Waals surface area contributed by atoms with E-state index in [2.05, 4.69) is 45.6 Å². The lowest BCUT2D eigenvalue weighted by molar-refractivity contribution is -0.122. The lowest BCUT2D eigenvalue weighted by Crippen LogP contribution is -2.35. The van der Waals surface area contributed by atoms with Gasteiger partial charge in [0.25, 0.3) is 0 Å². The predicted molar refractivity (Wildman–Crippen MR) is 150 cm³/mol. The van der Waals surface area contributed by atoms with E-state index in [1.807, 2.05) is 12.2 Å². The Morgan fingerprint density at radius 1 is 1.16 bits per heavy atom. The van der Waals surface area contributed by atoms with Gasteiger partial charge in [0.2, 0.25) is 0 Å². The van der Waals surface area contributed by atoms with Crippen molar-refractivity contribution in [1.82, 2.24) is 0 Å². The van der Waals surface area contributed by atoms with Crippen molar-refractivity contribution >= 4 is 5.78 Å². The highest BCUT2D eigenvalue weighted by Crippen LogP contribution is 2.59. The Hall–Kier alpha value is -1.75. The fourth-order valence-electron chi connectivity index (χ4n) is 7.55. The molecule has 0 saturated heterocycles. The topological polar surface area (TPSA) is 77.8 Å². The largest absolute Gasteiger partial charge is 0.393 e. The fourth-order valence-corrected chi connectivity index (χ4v) is 7.55. The molecule has 0 bridgehead atoms. The molecule has 4 rings (SSSR count). The highest BCUT2D eigenvalue weighted by molar-refractivity contribution is 5.97. The Balaban J connectivity index is 1.44. The van der Waals surface area contributed by atoms with Gasteiger partial charge in [-0.15, -0.1) is 0 Å². The van der Waals surface area contributed by atoms with Crippen molar-refractivity contribution in [3.05, 3.63) is 59.8 Å². The highest BCUT2D eigenvalue weighted by atomic mass is 16.3. The Morgan fingerprint density at radius 2 is 1.92 bits per heavy atom. The maximum Gasteiger partial charge on any atom is 0.164 e. The molecular formula is C33H48O4. The zero-order chi connectivity index (χ0) is 26.8. The Labute approximate surface area is 223 Å². The van der Waals surface area contributed by atoms with Gasteiger partial charge in [-0.3, -0.25) is 4.79 Å². The summed E-state index contributed by atoms with van der Waals surface area (Å²) in [5.41, 5.74) is 2.83. The van der Waals surface area contributed by atoms with Gasteiger partial charge in [-0.1, -0.05) is 69.7 Å². The maximum absolute atomic E-state index is 12.7. The molecule has 0 aliphatic heterocycles. The molecule has 0 spiro atoms. The summed E-state index contributed by atoms with van der Waals surface area (Å²) in [6, 6.07) is 0. The van der Waals surface area contributed by atoms with Crippen LogP contribution in [-0.4, -0.2) is 39.4 Å². The van der Waals surface area contributed by atoms with Crippen LogP contribution in [0, 0.1) is 28.6 Å². The van der Waals surface area contributed by atoms with E-state index in [0.717, 1.165) is 43.3 Å². The van der Waals surface area contributed by atoms with Gasteiger partial charge in [0.1, 0.15) is 0 Å². The number of rotatable bonds is 9. The van der Waals surface area contributed by atoms with Gasteiger partial charge in [-0.2, -0.15) is 0 Å². The molecule has 0 heterocycles. The minimum Gasteiger partial charge on any atom is -0.393 e. The monoisotopic (exact) mass is 508 g/mol. The third-order valence-electron chi connectivity index (χ3n) is 10.1. The Kier molecular flexibility index (Phi) is 8.82. The SMILES string of the molecule is C=C1/C(=C\C=C2/CCC[C@]3(C)[C@@H]([C@H](C)/C=C/[C@@H](O)C4(C(=O)/C=C/CCC)CC4)CC[C@@H]23)C[C@@H](O)C[C@@H]1O. The van der Waals surface area contributed by atoms with E-state index >= 15 is 0 Å². The molecule has 4 aliphatic carbocycles. The summed E-state index contributed by atoms with van der Waals surface area (Å²) in [6.45, 7) is 10.9. The summed E-state index contributed by atoms with van der Waals surface area (Å²) < 4.78 is 0. The second kappa shape index (κ2) is 11.6. The van der Waals surface area contributed by atoms with Gasteiger partial charge in [-0.05, 0) is 98.2 Å². The van der Waals surface area contributed by atoms with E-state index in [1.165, 1.54) is 31.3 Å². The first-order valence-corrected chi connectivity index (χ1v) is 14.6. The third kappa shape index (κ3) is 5.82. The summed E-state index contributed by atoms with van der Waals surface area (Å²) in [7, 11) is 0. The molecule has 4 aliphatic rings. The lowest BCUT2D eigenvalue weighted by Gasteiger charge is -2.44. The molecule has 204 valence electrons. The van der Waals surface area contributed by atoms with Crippen molar-refractivity contribution in [2.45, 2.75) is 110 Å². The van der Waals surface area contributed by atoms with Crippen LogP contribution in [0.5, 0.6) is 0 Å². The molecule has 4 fully saturated rings. The van der Waals surface area contributed by atoms with Gasteiger partial charge in [0, 0.05) is 6.42 Å². The molecule has 4 saturated carbocycles. The molecule has 4 nitrogen and oxygen atoms in total. The van der Waals surface area contributed by atoms with Gasteiger partial charge < -0.3 is 15.3 Å². The minimum absolute atomic E-state index is 0.0792. The summed E-state index contributed by atoms with van der Waals surface area (Å²) >= 11 is 0. The fraction of sp³-hybridized carbons (Fsp3) is 0.667. The zero-order valence-corrected chi connectivity index (χ0v) is 23.2. The standard InChI is InChI=1S/C33H48O4/c1-5-6-7-10-30(36)33(18-19-33)31(37)16-11-22(2)27-14-15-28-24(9-8-17-32(27,28)4)12-13-25-20-26(34)21-29(35)23(25)3/h7,10-13,16,22,26-29,31,34-35,37H,3,5-6,8-9,14-15,17-21H2,1-2,4H3/b10-7+,16-11+,24-12+,25-13-/t22-,26-,27-,28+,29+,31-,32-/m1/s1. The van der Waals surface area contributed by atoms with Crippen LogP contribution in [0.25, 0.3) is 0 Å². The van der Waals surface area contributed by atoms with Gasteiger partial charge in [-0.25, -0.2) is 0 Å². The van der Waals surface area contributed by atoms with Crippen molar-refractivity contribution in [2.24, 2.45) is 28.6 Å². The number of carbonyl (C=O) groups is 1. The van der Waals surface area contributed by atoms with Crippen LogP contribution >= 0.6 is 0 Å². The molecule has 3 N–H and O–H groups in total. The van der Waals surface area contributed by atoms with Gasteiger partial charge >= 0.3 is 0 Å². The first kappa shape index (κ1) is 28.3. The normalized spacial score (nSPS) is 37.4. The second-order valence-corrected chi connectivity index (χ2v) is 12.6. The number of ketones is 1. The number of aliphatic hydroxyl groups excluding tert-OH is 3. The molecule has 7 atom stereocenters. The molecule has 0 aromatic rings. The number of carbonyl (C=O) groups excluding carboxylic acids is 1. The number of fused-ring (bicyclic) bond motifs is 1. The van der Waals surface area contributed by atoms with E-state index in [1.54, 1.807) is 6.08 Å². The molecule has 0 radical (unpaired) electrons. The van der Waals surface area contributed by atoms with Crippen molar-refractivity contribution in [1.29, 1.82) is 0 Å². The number of hydrogen-bond acceptors (Lipinski definition) is 4. The Morgan fingerprint density at radius 3 is 2.62 bits per heavy atom. The van der Waals surface area contributed by atoms with E-state index in [9.17, 15) is 20.1 Å². The highest BCUT2D eigenvalue weighted by Gasteiger charge is 2.53. The predicted octanol–water partition coefficient (Wildman–Crippen LogP) is 6.39. The summed E-state index contributed by atoms with van der Waals surface area (Å²) in [5, 5.41) is 31.3. The lowest BCUT2D eigenvalue weighted by atomic mass is 9.61. The molecule has 4 heteroatoms. The van der Waals surface area contributed by atoms with Crippen molar-refractivity contribution in [3.63, 3.8) is 0 Å². The van der Waals surface area contributed by atoms with E-state index in [0.29, 0.717) is 30.6 Å². The van der Waals surface area contributed by atoms with Crippen LogP contribution in [0.15, 0.2) is 59.8 Å². The van der Waals surface area contributed by atoms with Crippen LogP contribution in [-0.2, 0) is 4.79 Å². The minimum atomic E-state index is -0.707. The van der Waals surface area contributed by atoms with Gasteiger partial charge in [0.05, 0.1) is 23.7 Å². The average Bonchev–Trinajstić information content (AvgIpc) is 3.60. The molecule has 37 heavy (non-hydrogen) atoms. The first-order valence-electron chi connectivity index (χ1n) is 14.6. The Bertz CT molecular complexity index is 980. The van der Waals surface area contributed by atoms with Crippen LogP contribution in [0.3, 0.4) is 0 Å². The number of allylic oxidation sites excluding steroid dienone is 6. The number of hydrogen-bond donors (Lipinski definition) is 3. The van der Waals surface area contributed by atoms with E-state index in [-0.39, 0.29) is 11.2 Å². The molecular weight excluding hydrogens is 460 g/mol. The first-order chi connectivity index (χ1) is 17.6. The molecule has 0 aromatic carbocycles. The van der Waals surface area contributed by atoms with Crippen molar-refractivity contribution in [3.8, 4) is 0 Å². The molecule has 0 aromatic heterocycles. The average molecular weight is 509 g/mol. The maximum atomic E-state index is 12.7. The van der Waals surface area contributed by atoms with E-state index < -0.39 is 23.7 Å². The summed E-state index contributed by atoms with van der Waals surface area (Å²) in [6.07, 6.45) is 20.5. The smallest absolute Gasteiger partial charge is 0.164 e. The van der Waals surface area contributed by atoms with Crippen molar-refractivity contribution < 1.29 is 20.1 Å². The molecule has 0 amide bonds. The number of unbranched alkanes of at least 4 members (excludes halogenated alkanes) is 1. The van der Waals surface area contributed by atoms with Crippen LogP contribution in [0.1, 0.15) is 91.4 Å².